The van der Waals surface area contributed by atoms with Gasteiger partial charge in [0, 0.05) is 19.0 Å². The normalized spacial score (nSPS) is 10.0. The van der Waals surface area contributed by atoms with E-state index in [1.165, 1.54) is 0 Å². The van der Waals surface area contributed by atoms with E-state index < -0.39 is 23.4 Å². The van der Waals surface area contributed by atoms with Crippen molar-refractivity contribution >= 4 is 17.5 Å². The number of aromatic nitrogens is 1. The van der Waals surface area contributed by atoms with Gasteiger partial charge in [-0.25, -0.2) is 13.8 Å². The van der Waals surface area contributed by atoms with Crippen LogP contribution in [-0.2, 0) is 4.79 Å². The predicted molar refractivity (Wildman–Crippen MR) is 50.9 cm³/mol. The number of rotatable bonds is 4. The molecule has 0 aliphatic rings. The number of halogens is 2. The SMILES string of the molecule is NC(=O)CCNc1nc(N)c(F)cc1F. The van der Waals surface area contributed by atoms with Crippen LogP contribution in [0.4, 0.5) is 20.4 Å². The van der Waals surface area contributed by atoms with Crippen LogP contribution in [0.1, 0.15) is 6.42 Å². The van der Waals surface area contributed by atoms with E-state index >= 15 is 0 Å². The number of nitrogens with zero attached hydrogens (tertiary/aromatic N) is 1. The van der Waals surface area contributed by atoms with E-state index in [4.69, 9.17) is 11.5 Å². The summed E-state index contributed by atoms with van der Waals surface area (Å²) in [5, 5.41) is 2.48. The van der Waals surface area contributed by atoms with Gasteiger partial charge in [-0.2, -0.15) is 0 Å². The van der Waals surface area contributed by atoms with Crippen molar-refractivity contribution in [2.45, 2.75) is 6.42 Å². The van der Waals surface area contributed by atoms with Gasteiger partial charge < -0.3 is 16.8 Å². The van der Waals surface area contributed by atoms with Crippen molar-refractivity contribution in [1.29, 1.82) is 0 Å². The minimum absolute atomic E-state index is 0.0262. The predicted octanol–water partition coefficient (Wildman–Crippen LogP) is 0.229. The molecule has 5 N–H and O–H groups in total. The molecule has 15 heavy (non-hydrogen) atoms. The maximum atomic E-state index is 13.0. The molecule has 1 rings (SSSR count). The fourth-order valence-corrected chi connectivity index (χ4v) is 0.909. The van der Waals surface area contributed by atoms with Crippen LogP contribution in [-0.4, -0.2) is 17.4 Å². The topological polar surface area (TPSA) is 94.0 Å². The fourth-order valence-electron chi connectivity index (χ4n) is 0.909. The molecule has 1 amide bonds. The van der Waals surface area contributed by atoms with Gasteiger partial charge >= 0.3 is 0 Å². The fraction of sp³-hybridized carbons (Fsp3) is 0.250. The van der Waals surface area contributed by atoms with Crippen molar-refractivity contribution in [3.8, 4) is 0 Å². The van der Waals surface area contributed by atoms with Crippen molar-refractivity contribution < 1.29 is 13.6 Å². The first kappa shape index (κ1) is 11.2. The second-order valence-corrected chi connectivity index (χ2v) is 2.83. The van der Waals surface area contributed by atoms with E-state index in [0.29, 0.717) is 6.07 Å². The lowest BCUT2D eigenvalue weighted by Gasteiger charge is -2.06. The lowest BCUT2D eigenvalue weighted by atomic mass is 10.3. The maximum absolute atomic E-state index is 13.0. The lowest BCUT2D eigenvalue weighted by molar-refractivity contribution is -0.117. The first-order valence-corrected chi connectivity index (χ1v) is 4.14. The first-order valence-electron chi connectivity index (χ1n) is 4.14. The Kier molecular flexibility index (Phi) is 3.37. The number of carbonyl (C=O) groups is 1. The van der Waals surface area contributed by atoms with Crippen molar-refractivity contribution in [2.24, 2.45) is 5.73 Å². The van der Waals surface area contributed by atoms with Crippen molar-refractivity contribution in [3.63, 3.8) is 0 Å². The van der Waals surface area contributed by atoms with Gasteiger partial charge in [-0.3, -0.25) is 4.79 Å². The van der Waals surface area contributed by atoms with Crippen LogP contribution < -0.4 is 16.8 Å². The summed E-state index contributed by atoms with van der Waals surface area (Å²) in [5.41, 5.74) is 10.0. The number of anilines is 2. The minimum atomic E-state index is -0.923. The maximum Gasteiger partial charge on any atom is 0.219 e. The molecular formula is C8H10F2N4O. The number of pyridine rings is 1. The zero-order chi connectivity index (χ0) is 11.4. The third-order valence-electron chi connectivity index (χ3n) is 1.62. The summed E-state index contributed by atoms with van der Waals surface area (Å²) in [5.74, 6) is -2.93. The van der Waals surface area contributed by atoms with Gasteiger partial charge in [0.1, 0.15) is 0 Å². The number of hydrogen-bond acceptors (Lipinski definition) is 4. The Balaban J connectivity index is 2.69. The number of nitrogens with one attached hydrogen (secondary N) is 1. The largest absolute Gasteiger partial charge is 0.381 e. The lowest BCUT2D eigenvalue weighted by Crippen LogP contribution is -2.17. The van der Waals surface area contributed by atoms with Gasteiger partial charge in [0.25, 0.3) is 0 Å². The number of primary amides is 1. The summed E-state index contributed by atoms with van der Waals surface area (Å²) >= 11 is 0. The minimum Gasteiger partial charge on any atom is -0.381 e. The van der Waals surface area contributed by atoms with E-state index in [-0.39, 0.29) is 18.8 Å². The molecule has 0 aliphatic heterocycles. The van der Waals surface area contributed by atoms with Gasteiger partial charge in [-0.05, 0) is 0 Å². The van der Waals surface area contributed by atoms with Gasteiger partial charge in [0.05, 0.1) is 0 Å². The number of carbonyl (C=O) groups excluding carboxylic acids is 1. The van der Waals surface area contributed by atoms with Crippen molar-refractivity contribution in [1.82, 2.24) is 4.98 Å². The monoisotopic (exact) mass is 216 g/mol. The molecule has 0 atom stereocenters. The van der Waals surface area contributed by atoms with Crippen LogP contribution in [0.3, 0.4) is 0 Å². The average molecular weight is 216 g/mol. The molecule has 1 aromatic heterocycles. The Labute approximate surface area is 84.5 Å². The van der Waals surface area contributed by atoms with Crippen molar-refractivity contribution in [3.05, 3.63) is 17.7 Å². The smallest absolute Gasteiger partial charge is 0.219 e. The highest BCUT2D eigenvalue weighted by Gasteiger charge is 2.09. The van der Waals surface area contributed by atoms with E-state index in [1.54, 1.807) is 0 Å². The molecule has 0 spiro atoms. The molecule has 0 aliphatic carbocycles. The third kappa shape index (κ3) is 3.04. The zero-order valence-corrected chi connectivity index (χ0v) is 7.76. The first-order chi connectivity index (χ1) is 7.00. The molecule has 1 aromatic rings. The summed E-state index contributed by atoms with van der Waals surface area (Å²) in [6.45, 7) is 0.115. The average Bonchev–Trinajstić information content (AvgIpc) is 2.13. The van der Waals surface area contributed by atoms with E-state index in [0.717, 1.165) is 0 Å². The molecule has 1 heterocycles. The Morgan fingerprint density at radius 2 is 2.13 bits per heavy atom. The molecule has 0 saturated heterocycles. The highest BCUT2D eigenvalue weighted by molar-refractivity contribution is 5.74. The van der Waals surface area contributed by atoms with Gasteiger partial charge in [-0.1, -0.05) is 0 Å². The molecular weight excluding hydrogens is 206 g/mol. The highest BCUT2D eigenvalue weighted by atomic mass is 19.1. The Morgan fingerprint density at radius 3 is 2.73 bits per heavy atom. The van der Waals surface area contributed by atoms with Crippen LogP contribution in [0.5, 0.6) is 0 Å². The summed E-state index contributed by atoms with van der Waals surface area (Å²) in [4.78, 5) is 13.8. The molecule has 82 valence electrons. The summed E-state index contributed by atoms with van der Waals surface area (Å²) in [6, 6.07) is 0.620. The Bertz CT molecular complexity index is 383. The van der Waals surface area contributed by atoms with Gasteiger partial charge in [0.2, 0.25) is 5.91 Å². The Morgan fingerprint density at radius 1 is 1.47 bits per heavy atom. The standard InChI is InChI=1S/C8H10F2N4O/c9-4-3-5(10)8(14-7(4)12)13-2-1-6(11)15/h3H,1-2H2,(H2,11,15)(H3,12,13,14). The van der Waals surface area contributed by atoms with Crippen LogP contribution in [0.25, 0.3) is 0 Å². The third-order valence-corrected chi connectivity index (χ3v) is 1.62. The molecule has 0 saturated carbocycles. The van der Waals surface area contributed by atoms with Gasteiger partial charge in [-0.15, -0.1) is 0 Å². The molecule has 5 nitrogen and oxygen atoms in total. The summed E-state index contributed by atoms with van der Waals surface area (Å²) < 4.78 is 25.7. The van der Waals surface area contributed by atoms with Gasteiger partial charge in [0.15, 0.2) is 23.3 Å². The zero-order valence-electron chi connectivity index (χ0n) is 7.76. The van der Waals surface area contributed by atoms with E-state index in [2.05, 4.69) is 10.3 Å². The second-order valence-electron chi connectivity index (χ2n) is 2.83. The van der Waals surface area contributed by atoms with Crippen LogP contribution in [0.15, 0.2) is 6.07 Å². The van der Waals surface area contributed by atoms with E-state index in [9.17, 15) is 13.6 Å². The van der Waals surface area contributed by atoms with Crippen LogP contribution in [0.2, 0.25) is 0 Å². The number of nitrogen functional groups attached to an aromatic ring is 1. The summed E-state index contributed by atoms with van der Waals surface area (Å²) in [6.07, 6.45) is 0.0262. The molecule has 0 radical (unpaired) electrons. The molecule has 0 unspecified atom stereocenters. The Hall–Kier alpha value is -1.92. The molecule has 0 bridgehead atoms. The number of hydrogen-bond donors (Lipinski definition) is 3. The number of amides is 1. The van der Waals surface area contributed by atoms with Crippen LogP contribution in [0, 0.1) is 11.6 Å². The number of nitrogens with two attached hydrogens (primary N) is 2. The molecule has 0 fully saturated rings. The van der Waals surface area contributed by atoms with E-state index in [1.807, 2.05) is 0 Å². The summed E-state index contributed by atoms with van der Waals surface area (Å²) in [7, 11) is 0. The molecule has 7 heteroatoms. The van der Waals surface area contributed by atoms with Crippen LogP contribution >= 0.6 is 0 Å². The highest BCUT2D eigenvalue weighted by Crippen LogP contribution is 2.16. The van der Waals surface area contributed by atoms with Crippen molar-refractivity contribution in [2.75, 3.05) is 17.6 Å². The molecule has 0 aromatic carbocycles. The quantitative estimate of drug-likeness (QED) is 0.671. The second kappa shape index (κ2) is 4.54.